The molecule has 42 heteroatoms. The lowest BCUT2D eigenvalue weighted by Gasteiger charge is -2.33. The van der Waals surface area contributed by atoms with Gasteiger partial charge in [0.2, 0.25) is 0 Å². The zero-order valence-electron chi connectivity index (χ0n) is 64.8. The van der Waals surface area contributed by atoms with Crippen molar-refractivity contribution in [1.82, 2.24) is 61.3 Å². The van der Waals surface area contributed by atoms with E-state index >= 15 is 0 Å². The third-order valence-corrected chi connectivity index (χ3v) is 17.7. The number of amides is 4. The van der Waals surface area contributed by atoms with Crippen molar-refractivity contribution < 1.29 is 128 Å². The summed E-state index contributed by atoms with van der Waals surface area (Å²) in [5.41, 5.74) is 1.29. The highest BCUT2D eigenvalue weighted by Crippen LogP contribution is 2.21. The Labute approximate surface area is 669 Å². The molecule has 0 aromatic heterocycles. The van der Waals surface area contributed by atoms with Crippen molar-refractivity contribution in [2.75, 3.05) is 128 Å². The lowest BCUT2D eigenvalue weighted by molar-refractivity contribution is -0.158. The van der Waals surface area contributed by atoms with Crippen LogP contribution in [0, 0.1) is 0 Å². The Morgan fingerprint density at radius 3 is 1.00 bits per heavy atom. The molecule has 2 aliphatic heterocycles. The Kier molecular flexibility index (Phi) is 43.0. The third-order valence-electron chi connectivity index (χ3n) is 17.2. The minimum atomic E-state index is -1.50. The van der Waals surface area contributed by atoms with Gasteiger partial charge < -0.3 is 103 Å². The molecule has 2 fully saturated rings. The fourth-order valence-electron chi connectivity index (χ4n) is 11.9. The second-order valence-corrected chi connectivity index (χ2v) is 30.1. The molecule has 4 amide bonds. The molecule has 2 heterocycles. The summed E-state index contributed by atoms with van der Waals surface area (Å²) in [6.45, 7) is 12.0. The number of unbranched alkanes of at least 4 members (excludes halogenated alkanes) is 2. The molecule has 4 rings (SSSR count). The summed E-state index contributed by atoms with van der Waals surface area (Å²) in [4.78, 5) is 176. The number of carboxylic acids is 10. The van der Waals surface area contributed by atoms with Crippen molar-refractivity contribution in [2.24, 2.45) is 0 Å². The number of rotatable bonds is 42. The van der Waals surface area contributed by atoms with Crippen molar-refractivity contribution >= 4 is 130 Å². The van der Waals surface area contributed by atoms with E-state index in [2.05, 4.69) is 42.5 Å². The Bertz CT molecular complexity index is 3570. The van der Waals surface area contributed by atoms with Gasteiger partial charge in [-0.05, 0) is 166 Å². The van der Waals surface area contributed by atoms with Crippen molar-refractivity contribution in [1.29, 1.82) is 0 Å². The number of esters is 2. The molecule has 4 unspecified atom stereocenters. The van der Waals surface area contributed by atoms with Crippen LogP contribution in [-0.2, 0) is 79.8 Å². The van der Waals surface area contributed by atoms with E-state index in [1.54, 1.807) is 95.2 Å². The smallest absolute Gasteiger partial charge is 0.329 e. The van der Waals surface area contributed by atoms with Crippen molar-refractivity contribution in [3.05, 3.63) is 59.7 Å². The van der Waals surface area contributed by atoms with Crippen LogP contribution >= 0.6 is 24.4 Å². The molecule has 18 N–H and O–H groups in total. The van der Waals surface area contributed by atoms with Gasteiger partial charge in [0, 0.05) is 115 Å². The molecule has 6 atom stereocenters. The van der Waals surface area contributed by atoms with Crippen LogP contribution in [0.25, 0.3) is 0 Å². The first kappa shape index (κ1) is 98.0. The number of nitrogens with zero attached hydrogens (tertiary/aromatic N) is 6. The summed E-state index contributed by atoms with van der Waals surface area (Å²) in [5, 5.41) is 116. The summed E-state index contributed by atoms with van der Waals surface area (Å²) in [7, 11) is 0. The number of thiocarbonyl (C=S) groups is 2. The van der Waals surface area contributed by atoms with Crippen molar-refractivity contribution in [2.45, 2.75) is 166 Å². The highest BCUT2D eigenvalue weighted by atomic mass is 32.1. The van der Waals surface area contributed by atoms with Gasteiger partial charge in [0.05, 0.1) is 39.3 Å². The number of hydrogen-bond donors (Lipinski definition) is 18. The summed E-state index contributed by atoms with van der Waals surface area (Å²) >= 11 is 10.8. The highest BCUT2D eigenvalue weighted by Gasteiger charge is 2.34. The number of hydrogen-bond acceptors (Lipinski definition) is 24. The number of carboxylic acid groups (broad SMARTS) is 10. The van der Waals surface area contributed by atoms with Crippen LogP contribution in [0.4, 0.5) is 21.0 Å². The highest BCUT2D eigenvalue weighted by molar-refractivity contribution is 7.80. The van der Waals surface area contributed by atoms with E-state index in [0.717, 1.165) is 11.1 Å². The van der Waals surface area contributed by atoms with Crippen LogP contribution in [0.5, 0.6) is 0 Å². The second-order valence-electron chi connectivity index (χ2n) is 29.2. The molecule has 0 bridgehead atoms. The molecule has 2 aliphatic rings. The van der Waals surface area contributed by atoms with Gasteiger partial charge in [-0.2, -0.15) is 0 Å². The molecular weight excluding hydrogens is 1540 g/mol. The van der Waals surface area contributed by atoms with E-state index in [1.165, 1.54) is 0 Å². The van der Waals surface area contributed by atoms with Gasteiger partial charge in [-0.3, -0.25) is 67.8 Å². The normalized spacial score (nSPS) is 16.7. The predicted molar refractivity (Wildman–Crippen MR) is 418 cm³/mol. The van der Waals surface area contributed by atoms with E-state index in [-0.39, 0.29) is 108 Å². The van der Waals surface area contributed by atoms with Gasteiger partial charge in [0.25, 0.3) is 0 Å². The molecule has 2 saturated heterocycles. The number of aliphatic carboxylic acids is 10. The molecule has 0 aliphatic carbocycles. The van der Waals surface area contributed by atoms with E-state index < -0.39 is 132 Å². The molecule has 0 saturated carbocycles. The SMILES string of the molecule is CC(C)(C)OC(=O)[C@H](CCCCNC(=S)Nc1ccc(CC2CN(CC(=O)O)CCN(CC(=O)O)CCN2CC(=O)O)cc1)NC(=O)N[C@@H](CCC(=O)O)C(=O)OC(C)(C)C.O=C(O)CCC(NC(=O)NC(CCCCNC(=S)Nc1ccc(CC2CN(CC(=O)O)CCN(CC(=O)O)CCN2CC(=O)O)cc1)C(=O)O)C(=O)O. The van der Waals surface area contributed by atoms with E-state index in [0.29, 0.717) is 107 Å². The van der Waals surface area contributed by atoms with E-state index in [1.807, 2.05) is 24.3 Å². The van der Waals surface area contributed by atoms with Gasteiger partial charge >= 0.3 is 83.7 Å². The molecule has 2 aromatic carbocycles. The van der Waals surface area contributed by atoms with Gasteiger partial charge in [-0.1, -0.05) is 24.3 Å². The largest absolute Gasteiger partial charge is 0.481 e. The number of carbonyl (C=O) groups excluding carboxylic acids is 4. The Morgan fingerprint density at radius 2 is 0.675 bits per heavy atom. The van der Waals surface area contributed by atoms with Gasteiger partial charge in [0.1, 0.15) is 35.4 Å². The lowest BCUT2D eigenvalue weighted by atomic mass is 10.0. The first-order valence-electron chi connectivity index (χ1n) is 36.9. The van der Waals surface area contributed by atoms with E-state index in [4.69, 9.17) is 44.1 Å². The summed E-state index contributed by atoms with van der Waals surface area (Å²) in [6.07, 6.45) is 1.30. The standard InChI is InChI=1S/C40H63N7O13S.C32H47N7O13S/c1-39(2,3)59-35(56)29(43-37(58)44-30(14-15-31(48)49)36(57)60-40(4,5)6)9-7-8-16-41-38(61)42-27-12-10-26(11-13-27)21-28-22-46(24-33(52)53)18-17-45(23-32(50)51)19-20-47(28)25-34(54)55;40-25(41)9-8-24(30(50)51)36-31(52)35-23(29(48)49)3-1-2-10-33-32(53)34-21-6-4-20(5-7-21)15-22-16-38(18-27(44)45)12-11-37(17-26(42)43)13-14-39(22)19-28(46)47/h10-13,28-30H,7-9,14-25H2,1-6H3,(H,48,49)(H,50,51)(H,52,53)(H,54,55)(H2,41,42,61)(H2,43,44,58);4-7,22-24H,1-3,8-19H2,(H,40,41)(H,42,43)(H,44,45)(H,46,47)(H,48,49)(H,50,51)(H2,33,34,53)(H2,35,36,52)/t28?,29-,30-;/m0./s1. The molecular formula is C72H110N14O26S2. The van der Waals surface area contributed by atoms with Crippen molar-refractivity contribution in [3.8, 4) is 0 Å². The quantitative estimate of drug-likeness (QED) is 0.0251. The Balaban J connectivity index is 0.000000596. The number of anilines is 2. The summed E-state index contributed by atoms with van der Waals surface area (Å²) in [5.74, 6) is -13.0. The van der Waals surface area contributed by atoms with Crippen LogP contribution < -0.4 is 42.5 Å². The van der Waals surface area contributed by atoms with E-state index in [9.17, 15) is 108 Å². The molecule has 636 valence electrons. The van der Waals surface area contributed by atoms with Crippen molar-refractivity contribution in [3.63, 3.8) is 0 Å². The second kappa shape index (κ2) is 50.1. The maximum atomic E-state index is 13.1. The van der Waals surface area contributed by atoms with Crippen LogP contribution in [0.2, 0.25) is 0 Å². The van der Waals surface area contributed by atoms with Crippen LogP contribution in [0.3, 0.4) is 0 Å². The number of carbonyl (C=O) groups is 14. The molecule has 114 heavy (non-hydrogen) atoms. The monoisotopic (exact) mass is 1650 g/mol. The molecule has 0 spiro atoms. The molecule has 2 aromatic rings. The Hall–Kier alpha value is -10.2. The fraction of sp³-hybridized carbons (Fsp3) is 0.611. The summed E-state index contributed by atoms with van der Waals surface area (Å²) < 4.78 is 10.9. The minimum Gasteiger partial charge on any atom is -0.481 e. The average Bonchev–Trinajstić information content (AvgIpc) is 1.37. The van der Waals surface area contributed by atoms with Gasteiger partial charge in [-0.15, -0.1) is 0 Å². The first-order valence-corrected chi connectivity index (χ1v) is 37.7. The number of urea groups is 2. The number of nitrogens with one attached hydrogen (secondary N) is 8. The van der Waals surface area contributed by atoms with Crippen LogP contribution in [0.1, 0.15) is 117 Å². The van der Waals surface area contributed by atoms with Crippen LogP contribution in [0.15, 0.2) is 48.5 Å². The Morgan fingerprint density at radius 1 is 0.386 bits per heavy atom. The first-order chi connectivity index (χ1) is 53.4. The molecule has 40 nitrogen and oxygen atoms in total. The maximum absolute atomic E-state index is 13.1. The maximum Gasteiger partial charge on any atom is 0.329 e. The van der Waals surface area contributed by atoms with Gasteiger partial charge in [-0.25, -0.2) is 28.8 Å². The fourth-order valence-corrected chi connectivity index (χ4v) is 12.4. The van der Waals surface area contributed by atoms with Crippen LogP contribution in [-0.4, -0.2) is 340 Å². The topological polar surface area (TPSA) is 575 Å². The minimum absolute atomic E-state index is 0.0263. The zero-order valence-corrected chi connectivity index (χ0v) is 66.4. The summed E-state index contributed by atoms with van der Waals surface area (Å²) in [6, 6.07) is 6.67. The number of benzene rings is 2. The molecule has 0 radical (unpaired) electrons. The van der Waals surface area contributed by atoms with Gasteiger partial charge in [0.15, 0.2) is 10.2 Å². The lowest BCUT2D eigenvalue weighted by Crippen LogP contribution is -2.53. The number of ether oxygens (including phenoxy) is 2. The third kappa shape index (κ3) is 43.7. The predicted octanol–water partition coefficient (Wildman–Crippen LogP) is 1.11. The average molecular weight is 1650 g/mol. The zero-order chi connectivity index (χ0) is 85.4.